The molecule has 0 saturated carbocycles. The van der Waals surface area contributed by atoms with E-state index < -0.39 is 11.8 Å². The Morgan fingerprint density at radius 3 is 2.96 bits per heavy atom. The first-order chi connectivity index (χ1) is 11.4. The number of carbonyl (C=O) groups excluding carboxylic acids is 1. The molecule has 132 valence electrons. The van der Waals surface area contributed by atoms with E-state index in [-0.39, 0.29) is 22.6 Å². The summed E-state index contributed by atoms with van der Waals surface area (Å²) in [5, 5.41) is 5.06. The SMILES string of the molecule is COC(=O)CSc1cc(NC(=S)N2CC(OC)CN2)c(F)cc1Cl. The molecule has 1 unspecified atom stereocenters. The molecule has 0 spiro atoms. The summed E-state index contributed by atoms with van der Waals surface area (Å²) in [6.07, 6.45) is 0.0194. The number of carbonyl (C=O) groups is 1. The maximum Gasteiger partial charge on any atom is 0.315 e. The summed E-state index contributed by atoms with van der Waals surface area (Å²) in [5.74, 6) is -0.848. The Kier molecular flexibility index (Phi) is 7.05. The lowest BCUT2D eigenvalue weighted by molar-refractivity contribution is -0.137. The lowest BCUT2D eigenvalue weighted by Crippen LogP contribution is -2.40. The van der Waals surface area contributed by atoms with E-state index in [0.717, 1.165) is 11.8 Å². The van der Waals surface area contributed by atoms with Gasteiger partial charge in [-0.15, -0.1) is 11.8 Å². The molecule has 0 aromatic heterocycles. The number of ether oxygens (including phenoxy) is 2. The molecule has 1 heterocycles. The van der Waals surface area contributed by atoms with Gasteiger partial charge < -0.3 is 14.8 Å². The molecular weight excluding hydrogens is 377 g/mol. The van der Waals surface area contributed by atoms with Gasteiger partial charge in [0.15, 0.2) is 5.11 Å². The third kappa shape index (κ3) is 4.93. The van der Waals surface area contributed by atoms with E-state index in [4.69, 9.17) is 28.6 Å². The fourth-order valence-corrected chi connectivity index (χ4v) is 3.32. The Labute approximate surface area is 154 Å². The molecule has 1 atom stereocenters. The van der Waals surface area contributed by atoms with Gasteiger partial charge in [0.1, 0.15) is 5.82 Å². The van der Waals surface area contributed by atoms with Crippen molar-refractivity contribution in [3.8, 4) is 0 Å². The number of hydrogen-bond donors (Lipinski definition) is 2. The van der Waals surface area contributed by atoms with Gasteiger partial charge in [0, 0.05) is 18.6 Å². The van der Waals surface area contributed by atoms with Crippen LogP contribution in [0.2, 0.25) is 5.02 Å². The molecule has 1 aromatic rings. The number of benzene rings is 1. The number of nitrogens with zero attached hydrogens (tertiary/aromatic N) is 1. The molecular formula is C14H17ClFN3O3S2. The van der Waals surface area contributed by atoms with Gasteiger partial charge in [0.2, 0.25) is 0 Å². The van der Waals surface area contributed by atoms with Crippen LogP contribution in [0.1, 0.15) is 0 Å². The van der Waals surface area contributed by atoms with Crippen LogP contribution in [-0.4, -0.2) is 55.3 Å². The topological polar surface area (TPSA) is 62.8 Å². The number of halogens is 2. The second-order valence-corrected chi connectivity index (χ2v) is 6.70. The van der Waals surface area contributed by atoms with Gasteiger partial charge in [0.05, 0.1) is 36.2 Å². The minimum absolute atomic E-state index is 0.0194. The van der Waals surface area contributed by atoms with E-state index in [1.165, 1.54) is 19.2 Å². The molecule has 0 radical (unpaired) electrons. The van der Waals surface area contributed by atoms with Crippen LogP contribution in [-0.2, 0) is 14.3 Å². The number of thiocarbonyl (C=S) groups is 1. The van der Waals surface area contributed by atoms with E-state index in [9.17, 15) is 9.18 Å². The summed E-state index contributed by atoms with van der Waals surface area (Å²) >= 11 is 12.5. The highest BCUT2D eigenvalue weighted by atomic mass is 35.5. The number of hydrogen-bond acceptors (Lipinski definition) is 6. The molecule has 2 rings (SSSR count). The molecule has 1 aromatic carbocycles. The average molecular weight is 394 g/mol. The lowest BCUT2D eigenvalue weighted by Gasteiger charge is -2.20. The van der Waals surface area contributed by atoms with Crippen LogP contribution in [0.5, 0.6) is 0 Å². The monoisotopic (exact) mass is 393 g/mol. The zero-order valence-electron chi connectivity index (χ0n) is 13.1. The largest absolute Gasteiger partial charge is 0.468 e. The van der Waals surface area contributed by atoms with Gasteiger partial charge in [0.25, 0.3) is 0 Å². The zero-order chi connectivity index (χ0) is 17.7. The van der Waals surface area contributed by atoms with E-state index in [1.54, 1.807) is 12.1 Å². The first-order valence-corrected chi connectivity index (χ1v) is 8.75. The molecule has 2 N–H and O–H groups in total. The number of anilines is 1. The summed E-state index contributed by atoms with van der Waals surface area (Å²) in [6, 6.07) is 2.70. The smallest absolute Gasteiger partial charge is 0.315 e. The molecule has 1 saturated heterocycles. The summed E-state index contributed by atoms with van der Waals surface area (Å²) in [6.45, 7) is 1.18. The number of methoxy groups -OCH3 is 2. The van der Waals surface area contributed by atoms with Crippen LogP contribution in [0, 0.1) is 5.82 Å². The highest BCUT2D eigenvalue weighted by Gasteiger charge is 2.24. The summed E-state index contributed by atoms with van der Waals surface area (Å²) < 4.78 is 23.9. The quantitative estimate of drug-likeness (QED) is 0.449. The second kappa shape index (κ2) is 8.82. The molecule has 6 nitrogen and oxygen atoms in total. The first kappa shape index (κ1) is 19.2. The van der Waals surface area contributed by atoms with Crippen LogP contribution < -0.4 is 10.7 Å². The molecule has 0 amide bonds. The second-order valence-electron chi connectivity index (χ2n) is 4.89. The Morgan fingerprint density at radius 2 is 2.33 bits per heavy atom. The molecule has 1 aliphatic heterocycles. The maximum absolute atomic E-state index is 14.1. The number of hydrazine groups is 1. The van der Waals surface area contributed by atoms with Gasteiger partial charge in [-0.2, -0.15) is 0 Å². The Balaban J connectivity index is 2.06. The van der Waals surface area contributed by atoms with E-state index >= 15 is 0 Å². The minimum atomic E-state index is -0.535. The highest BCUT2D eigenvalue weighted by Crippen LogP contribution is 2.32. The third-order valence-corrected chi connectivity index (χ3v) is 5.09. The van der Waals surface area contributed by atoms with Crippen molar-refractivity contribution in [3.05, 3.63) is 23.0 Å². The van der Waals surface area contributed by atoms with E-state index in [1.807, 2.05) is 0 Å². The van der Waals surface area contributed by atoms with Crippen molar-refractivity contribution in [1.29, 1.82) is 0 Å². The summed E-state index contributed by atoms with van der Waals surface area (Å²) in [5.41, 5.74) is 3.24. The zero-order valence-corrected chi connectivity index (χ0v) is 15.5. The van der Waals surface area contributed by atoms with Crippen LogP contribution in [0.25, 0.3) is 0 Å². The van der Waals surface area contributed by atoms with Crippen molar-refractivity contribution >= 4 is 52.3 Å². The fourth-order valence-electron chi connectivity index (χ4n) is 1.97. The molecule has 0 aliphatic carbocycles. The van der Waals surface area contributed by atoms with Gasteiger partial charge in [-0.25, -0.2) is 9.82 Å². The predicted molar refractivity (Wildman–Crippen MR) is 95.9 cm³/mol. The molecule has 24 heavy (non-hydrogen) atoms. The molecule has 1 fully saturated rings. The Morgan fingerprint density at radius 1 is 1.58 bits per heavy atom. The van der Waals surface area contributed by atoms with Gasteiger partial charge in [-0.05, 0) is 24.4 Å². The van der Waals surface area contributed by atoms with Gasteiger partial charge in [-0.3, -0.25) is 9.80 Å². The van der Waals surface area contributed by atoms with Gasteiger partial charge >= 0.3 is 5.97 Å². The first-order valence-electron chi connectivity index (χ1n) is 6.98. The molecule has 0 bridgehead atoms. The van der Waals surface area contributed by atoms with Gasteiger partial charge in [-0.1, -0.05) is 11.6 Å². The van der Waals surface area contributed by atoms with Crippen LogP contribution in [0.3, 0.4) is 0 Å². The fraction of sp³-hybridized carbons (Fsp3) is 0.429. The normalized spacial score (nSPS) is 17.0. The standard InChI is InChI=1S/C14H17ClFN3O3S2/c1-21-8-5-17-19(6-8)14(23)18-11-4-12(9(15)3-10(11)16)24-7-13(20)22-2/h3-4,8,17H,5-7H2,1-2H3,(H,18,23). The van der Waals surface area contributed by atoms with Crippen LogP contribution in [0.15, 0.2) is 17.0 Å². The van der Waals surface area contributed by atoms with Crippen molar-refractivity contribution in [1.82, 2.24) is 10.4 Å². The minimum Gasteiger partial charge on any atom is -0.468 e. The van der Waals surface area contributed by atoms with Crippen LogP contribution in [0.4, 0.5) is 10.1 Å². The molecule has 10 heteroatoms. The van der Waals surface area contributed by atoms with Crippen molar-refractivity contribution < 1.29 is 18.7 Å². The number of thioether (sulfide) groups is 1. The number of rotatable bonds is 5. The summed E-state index contributed by atoms with van der Waals surface area (Å²) in [7, 11) is 2.92. The van der Waals surface area contributed by atoms with Crippen molar-refractivity contribution in [2.45, 2.75) is 11.0 Å². The summed E-state index contributed by atoms with van der Waals surface area (Å²) in [4.78, 5) is 11.8. The van der Waals surface area contributed by atoms with E-state index in [2.05, 4.69) is 15.5 Å². The van der Waals surface area contributed by atoms with Crippen molar-refractivity contribution in [2.75, 3.05) is 38.4 Å². The highest BCUT2D eigenvalue weighted by molar-refractivity contribution is 8.00. The Bertz CT molecular complexity index is 636. The molecule has 1 aliphatic rings. The van der Waals surface area contributed by atoms with Crippen molar-refractivity contribution in [3.63, 3.8) is 0 Å². The van der Waals surface area contributed by atoms with Crippen LogP contribution >= 0.6 is 35.6 Å². The third-order valence-electron chi connectivity index (χ3n) is 3.31. The maximum atomic E-state index is 14.1. The number of nitrogens with one attached hydrogen (secondary N) is 2. The predicted octanol–water partition coefficient (Wildman–Crippen LogP) is 2.28. The average Bonchev–Trinajstić information content (AvgIpc) is 3.05. The number of esters is 1. The van der Waals surface area contributed by atoms with E-state index in [0.29, 0.717) is 23.1 Å². The lowest BCUT2D eigenvalue weighted by atomic mass is 10.3. The Hall–Kier alpha value is -1.13. The van der Waals surface area contributed by atoms with Crippen molar-refractivity contribution in [2.24, 2.45) is 0 Å².